The van der Waals surface area contributed by atoms with Gasteiger partial charge in [-0.1, -0.05) is 54.6 Å². The summed E-state index contributed by atoms with van der Waals surface area (Å²) in [5.74, 6) is 0.572. The molecule has 0 aliphatic heterocycles. The van der Waals surface area contributed by atoms with Gasteiger partial charge in [-0.05, 0) is 52.5 Å². The van der Waals surface area contributed by atoms with Crippen LogP contribution in [0, 0.1) is 6.92 Å². The molecule has 0 radical (unpaired) electrons. The van der Waals surface area contributed by atoms with E-state index >= 15 is 0 Å². The fourth-order valence-electron chi connectivity index (χ4n) is 2.72. The van der Waals surface area contributed by atoms with Crippen LogP contribution in [-0.4, -0.2) is 29.8 Å². The molecule has 1 aromatic heterocycles. The molecule has 0 fully saturated rings. The van der Waals surface area contributed by atoms with Gasteiger partial charge in [0.2, 0.25) is 5.88 Å². The second-order valence-corrected chi connectivity index (χ2v) is 7.36. The Kier molecular flexibility index (Phi) is 6.82. The van der Waals surface area contributed by atoms with Crippen LogP contribution in [0.3, 0.4) is 0 Å². The monoisotopic (exact) mass is 437 g/mol. The normalized spacial score (nSPS) is 11.0. The quantitative estimate of drug-likeness (QED) is 0.335. The van der Waals surface area contributed by atoms with Gasteiger partial charge in [0.05, 0.1) is 22.2 Å². The maximum absolute atomic E-state index is 6.05. The lowest BCUT2D eigenvalue weighted by Crippen LogP contribution is -2.14. The Labute approximate surface area is 175 Å². The maximum atomic E-state index is 6.05. The Morgan fingerprint density at radius 2 is 1.82 bits per heavy atom. The van der Waals surface area contributed by atoms with E-state index < -0.39 is 0 Å². The van der Waals surface area contributed by atoms with Crippen LogP contribution in [0.1, 0.15) is 18.2 Å². The van der Waals surface area contributed by atoms with Crippen LogP contribution in [-0.2, 0) is 6.61 Å². The average molecular weight is 438 g/mol. The van der Waals surface area contributed by atoms with Crippen molar-refractivity contribution in [1.82, 2.24) is 9.88 Å². The molecule has 3 rings (SSSR count). The van der Waals surface area contributed by atoms with Gasteiger partial charge < -0.3 is 9.64 Å². The highest BCUT2D eigenvalue weighted by Crippen LogP contribution is 2.31. The molecule has 3 aromatic rings. The second-order valence-electron chi connectivity index (χ2n) is 6.51. The first kappa shape index (κ1) is 20.1. The molecule has 1 heterocycles. The number of ether oxygens (including phenoxy) is 1. The fraction of sp³-hybridized carbons (Fsp3) is 0.217. The van der Waals surface area contributed by atoms with Crippen molar-refractivity contribution in [3.8, 4) is 17.0 Å². The van der Waals surface area contributed by atoms with E-state index in [1.54, 1.807) is 0 Å². The van der Waals surface area contributed by atoms with Crippen molar-refractivity contribution >= 4 is 28.0 Å². The molecule has 5 heteroatoms. The smallest absolute Gasteiger partial charge is 0.228 e. The molecule has 144 valence electrons. The third kappa shape index (κ3) is 4.98. The summed E-state index contributed by atoms with van der Waals surface area (Å²) >= 11 is 3.57. The highest BCUT2D eigenvalue weighted by molar-refractivity contribution is 9.10. The van der Waals surface area contributed by atoms with E-state index in [9.17, 15) is 0 Å². The molecule has 0 spiro atoms. The van der Waals surface area contributed by atoms with Crippen molar-refractivity contribution < 1.29 is 4.74 Å². The minimum Gasteiger partial charge on any atom is -0.472 e. The van der Waals surface area contributed by atoms with Gasteiger partial charge in [-0.3, -0.25) is 0 Å². The molecule has 4 nitrogen and oxygen atoms in total. The molecule has 0 atom stereocenters. The van der Waals surface area contributed by atoms with Gasteiger partial charge in [0.25, 0.3) is 0 Å². The molecule has 0 amide bonds. The van der Waals surface area contributed by atoms with Crippen LogP contribution in [0.15, 0.2) is 70.1 Å². The Morgan fingerprint density at radius 3 is 2.57 bits per heavy atom. The van der Waals surface area contributed by atoms with E-state index in [0.717, 1.165) is 28.0 Å². The summed E-state index contributed by atoms with van der Waals surface area (Å²) in [5, 5.41) is 0. The summed E-state index contributed by atoms with van der Waals surface area (Å²) in [5.41, 5.74) is 5.11. The van der Waals surface area contributed by atoms with E-state index in [1.165, 1.54) is 11.1 Å². The fourth-order valence-corrected chi connectivity index (χ4v) is 3.14. The standard InChI is InChI=1S/C23H24BrN3O/c1-4-27(3)16-25-22-14-21(24)23(26-17(22)2)28-15-19-12-8-9-13-20(19)18-10-6-5-7-11-18/h5-14,16H,4,15H2,1-3H3. The number of aliphatic imine (C=N–C) groups is 1. The second kappa shape index (κ2) is 9.51. The average Bonchev–Trinajstić information content (AvgIpc) is 2.73. The predicted octanol–water partition coefficient (Wildman–Crippen LogP) is 6.01. The van der Waals surface area contributed by atoms with Gasteiger partial charge in [0.15, 0.2) is 0 Å². The highest BCUT2D eigenvalue weighted by atomic mass is 79.9. The van der Waals surface area contributed by atoms with Gasteiger partial charge in [0.1, 0.15) is 6.61 Å². The number of aryl methyl sites for hydroxylation is 1. The SMILES string of the molecule is CCN(C)C=Nc1cc(Br)c(OCc2ccccc2-c2ccccc2)nc1C. The van der Waals surface area contributed by atoms with Gasteiger partial charge in [-0.25, -0.2) is 9.98 Å². The third-order valence-corrected chi connectivity index (χ3v) is 5.04. The van der Waals surface area contributed by atoms with E-state index in [2.05, 4.69) is 57.1 Å². The van der Waals surface area contributed by atoms with Gasteiger partial charge in [0, 0.05) is 13.6 Å². The summed E-state index contributed by atoms with van der Waals surface area (Å²) in [6, 6.07) is 20.6. The van der Waals surface area contributed by atoms with E-state index in [4.69, 9.17) is 4.74 Å². The highest BCUT2D eigenvalue weighted by Gasteiger charge is 2.10. The zero-order valence-electron chi connectivity index (χ0n) is 16.4. The number of rotatable bonds is 7. The molecule has 0 N–H and O–H groups in total. The number of benzene rings is 2. The van der Waals surface area contributed by atoms with Gasteiger partial charge in [-0.2, -0.15) is 0 Å². The van der Waals surface area contributed by atoms with E-state index in [-0.39, 0.29) is 0 Å². The van der Waals surface area contributed by atoms with Crippen LogP contribution in [0.2, 0.25) is 0 Å². The number of hydrogen-bond donors (Lipinski definition) is 0. The molecule has 28 heavy (non-hydrogen) atoms. The summed E-state index contributed by atoms with van der Waals surface area (Å²) in [6.07, 6.45) is 1.81. The summed E-state index contributed by atoms with van der Waals surface area (Å²) in [7, 11) is 1.99. The molecule has 0 saturated carbocycles. The zero-order valence-corrected chi connectivity index (χ0v) is 18.0. The molecular weight excluding hydrogens is 414 g/mol. The lowest BCUT2D eigenvalue weighted by molar-refractivity contribution is 0.292. The van der Waals surface area contributed by atoms with Gasteiger partial charge in [-0.15, -0.1) is 0 Å². The number of aromatic nitrogens is 1. The minimum atomic E-state index is 0.442. The van der Waals surface area contributed by atoms with Crippen LogP contribution in [0.5, 0.6) is 5.88 Å². The van der Waals surface area contributed by atoms with E-state index in [0.29, 0.717) is 12.5 Å². The number of hydrogen-bond acceptors (Lipinski definition) is 3. The van der Waals surface area contributed by atoms with Crippen LogP contribution in [0.4, 0.5) is 5.69 Å². The number of nitrogens with zero attached hydrogens (tertiary/aromatic N) is 3. The summed E-state index contributed by atoms with van der Waals surface area (Å²) in [4.78, 5) is 11.1. The van der Waals surface area contributed by atoms with Gasteiger partial charge >= 0.3 is 0 Å². The lowest BCUT2D eigenvalue weighted by atomic mass is 10.0. The lowest BCUT2D eigenvalue weighted by Gasteiger charge is -2.13. The molecule has 0 aliphatic rings. The summed E-state index contributed by atoms with van der Waals surface area (Å²) in [6.45, 7) is 5.36. The molecule has 0 saturated heterocycles. The topological polar surface area (TPSA) is 37.7 Å². The van der Waals surface area contributed by atoms with Crippen molar-refractivity contribution in [2.45, 2.75) is 20.5 Å². The molecular formula is C23H24BrN3O. The largest absolute Gasteiger partial charge is 0.472 e. The molecule has 0 bridgehead atoms. The Bertz CT molecular complexity index is 957. The minimum absolute atomic E-state index is 0.442. The van der Waals surface area contributed by atoms with E-state index in [1.807, 2.05) is 61.6 Å². The molecule has 2 aromatic carbocycles. The summed E-state index contributed by atoms with van der Waals surface area (Å²) < 4.78 is 6.84. The maximum Gasteiger partial charge on any atom is 0.228 e. The van der Waals surface area contributed by atoms with Crippen molar-refractivity contribution in [3.63, 3.8) is 0 Å². The molecule has 0 aliphatic carbocycles. The predicted molar refractivity (Wildman–Crippen MR) is 119 cm³/mol. The number of halogens is 1. The van der Waals surface area contributed by atoms with Crippen molar-refractivity contribution in [1.29, 1.82) is 0 Å². The van der Waals surface area contributed by atoms with Crippen molar-refractivity contribution in [3.05, 3.63) is 76.4 Å². The first-order valence-electron chi connectivity index (χ1n) is 9.26. The first-order valence-corrected chi connectivity index (χ1v) is 10.1. The Hall–Kier alpha value is -2.66. The van der Waals surface area contributed by atoms with Crippen LogP contribution in [0.25, 0.3) is 11.1 Å². The van der Waals surface area contributed by atoms with Crippen LogP contribution >= 0.6 is 15.9 Å². The van der Waals surface area contributed by atoms with Crippen molar-refractivity contribution in [2.75, 3.05) is 13.6 Å². The third-order valence-electron chi connectivity index (χ3n) is 4.47. The first-order chi connectivity index (χ1) is 13.6. The van der Waals surface area contributed by atoms with Crippen LogP contribution < -0.4 is 4.74 Å². The Morgan fingerprint density at radius 1 is 1.11 bits per heavy atom. The Balaban J connectivity index is 1.79. The number of pyridine rings is 1. The zero-order chi connectivity index (χ0) is 19.9. The van der Waals surface area contributed by atoms with Crippen molar-refractivity contribution in [2.24, 2.45) is 4.99 Å². The molecule has 0 unspecified atom stereocenters.